The van der Waals surface area contributed by atoms with E-state index in [2.05, 4.69) is 34.4 Å². The van der Waals surface area contributed by atoms with Crippen molar-refractivity contribution in [3.05, 3.63) is 10.9 Å². The van der Waals surface area contributed by atoms with Crippen LogP contribution in [0.4, 0.5) is 5.13 Å². The number of thiazole rings is 1. The van der Waals surface area contributed by atoms with Crippen molar-refractivity contribution in [1.29, 1.82) is 0 Å². The maximum atomic E-state index is 12.3. The molecule has 23 heavy (non-hydrogen) atoms. The number of hydrogen-bond acceptors (Lipinski definition) is 6. The van der Waals surface area contributed by atoms with Gasteiger partial charge in [0.15, 0.2) is 5.13 Å². The van der Waals surface area contributed by atoms with E-state index in [1.54, 1.807) is 11.3 Å². The van der Waals surface area contributed by atoms with E-state index in [0.29, 0.717) is 5.92 Å². The second-order valence-electron chi connectivity index (χ2n) is 5.87. The van der Waals surface area contributed by atoms with Gasteiger partial charge in [-0.15, -0.1) is 11.3 Å². The summed E-state index contributed by atoms with van der Waals surface area (Å²) in [5.74, 6) is 0.594. The maximum absolute atomic E-state index is 12.3. The van der Waals surface area contributed by atoms with Crippen molar-refractivity contribution < 1.29 is 4.79 Å². The van der Waals surface area contributed by atoms with Crippen LogP contribution in [0.2, 0.25) is 0 Å². The summed E-state index contributed by atoms with van der Waals surface area (Å²) >= 11 is 3.17. The molecule has 3 heterocycles. The van der Waals surface area contributed by atoms with Crippen LogP contribution in [-0.2, 0) is 0 Å². The fourth-order valence-electron chi connectivity index (χ4n) is 2.89. The van der Waals surface area contributed by atoms with E-state index in [-0.39, 0.29) is 5.91 Å². The number of piperidine rings is 1. The molecule has 1 unspecified atom stereocenters. The lowest BCUT2D eigenvalue weighted by Crippen LogP contribution is -2.37. The molecule has 0 radical (unpaired) electrons. The van der Waals surface area contributed by atoms with E-state index in [9.17, 15) is 4.79 Å². The van der Waals surface area contributed by atoms with Gasteiger partial charge in [0.2, 0.25) is 0 Å². The molecule has 0 saturated carbocycles. The smallest absolute Gasteiger partial charge is 0.261 e. The summed E-state index contributed by atoms with van der Waals surface area (Å²) in [5.41, 5.74) is 0. The van der Waals surface area contributed by atoms with Gasteiger partial charge in [0.05, 0.1) is 9.58 Å². The lowest BCUT2D eigenvalue weighted by Gasteiger charge is -2.22. The Morgan fingerprint density at radius 3 is 2.91 bits per heavy atom. The predicted molar refractivity (Wildman–Crippen MR) is 99.0 cm³/mol. The van der Waals surface area contributed by atoms with Crippen LogP contribution < -0.4 is 15.5 Å². The van der Waals surface area contributed by atoms with Crippen LogP contribution in [0.3, 0.4) is 0 Å². The zero-order chi connectivity index (χ0) is 16.2. The molecule has 1 aliphatic rings. The number of thiophene rings is 1. The normalized spacial score (nSPS) is 18.3. The molecule has 2 aromatic rings. The van der Waals surface area contributed by atoms with Gasteiger partial charge in [0, 0.05) is 19.6 Å². The number of anilines is 1. The van der Waals surface area contributed by atoms with Gasteiger partial charge in [-0.1, -0.05) is 11.3 Å². The number of carbonyl (C=O) groups excluding carboxylic acids is 1. The number of aromatic nitrogens is 1. The monoisotopic (exact) mass is 352 g/mol. The van der Waals surface area contributed by atoms with Crippen molar-refractivity contribution in [1.82, 2.24) is 15.6 Å². The highest BCUT2D eigenvalue weighted by Gasteiger charge is 2.18. The zero-order valence-electron chi connectivity index (χ0n) is 13.7. The van der Waals surface area contributed by atoms with Gasteiger partial charge in [-0.25, -0.2) is 4.98 Å². The summed E-state index contributed by atoms with van der Waals surface area (Å²) in [6, 6.07) is 1.99. The third-order valence-corrected chi connectivity index (χ3v) is 6.51. The van der Waals surface area contributed by atoms with E-state index in [1.165, 1.54) is 24.2 Å². The Morgan fingerprint density at radius 2 is 2.26 bits per heavy atom. The number of amides is 1. The molecule has 0 spiro atoms. The van der Waals surface area contributed by atoms with E-state index >= 15 is 0 Å². The molecule has 1 saturated heterocycles. The van der Waals surface area contributed by atoms with Crippen LogP contribution in [0.15, 0.2) is 6.07 Å². The molecule has 1 atom stereocenters. The Labute approximate surface area is 145 Å². The van der Waals surface area contributed by atoms with Crippen LogP contribution in [0.5, 0.6) is 0 Å². The van der Waals surface area contributed by atoms with Gasteiger partial charge >= 0.3 is 0 Å². The molecule has 5 nitrogen and oxygen atoms in total. The molecule has 0 bridgehead atoms. The molecule has 3 rings (SSSR count). The highest BCUT2D eigenvalue weighted by Crippen LogP contribution is 2.34. The Morgan fingerprint density at radius 1 is 1.43 bits per heavy atom. The number of rotatable bonds is 6. The maximum Gasteiger partial charge on any atom is 0.261 e. The van der Waals surface area contributed by atoms with E-state index in [1.807, 2.05) is 6.07 Å². The summed E-state index contributed by atoms with van der Waals surface area (Å²) < 4.78 is 1.11. The van der Waals surface area contributed by atoms with Gasteiger partial charge in [-0.3, -0.25) is 4.79 Å². The van der Waals surface area contributed by atoms with Crippen LogP contribution in [0.1, 0.15) is 36.4 Å². The average Bonchev–Trinajstić information content (AvgIpc) is 3.14. The topological polar surface area (TPSA) is 57.3 Å². The van der Waals surface area contributed by atoms with Crippen molar-refractivity contribution in [2.75, 3.05) is 37.6 Å². The van der Waals surface area contributed by atoms with Gasteiger partial charge in [0.25, 0.3) is 5.91 Å². The first-order valence-corrected chi connectivity index (χ1v) is 9.98. The Kier molecular flexibility index (Phi) is 5.50. The lowest BCUT2D eigenvalue weighted by molar-refractivity contribution is 0.0949. The van der Waals surface area contributed by atoms with E-state index < -0.39 is 0 Å². The lowest BCUT2D eigenvalue weighted by atomic mass is 10.00. The minimum Gasteiger partial charge on any atom is -0.351 e. The molecule has 7 heteroatoms. The fraction of sp³-hybridized carbons (Fsp3) is 0.625. The third kappa shape index (κ3) is 3.84. The molecule has 2 N–H and O–H groups in total. The summed E-state index contributed by atoms with van der Waals surface area (Å²) in [4.78, 5) is 21.0. The Bertz CT molecular complexity index is 625. The molecular formula is C16H24N4OS2. The summed E-state index contributed by atoms with van der Waals surface area (Å²) in [6.07, 6.45) is 2.40. The second kappa shape index (κ2) is 7.59. The van der Waals surface area contributed by atoms with Gasteiger partial charge in [-0.05, 0) is 51.8 Å². The molecule has 126 valence electrons. The first kappa shape index (κ1) is 16.7. The van der Waals surface area contributed by atoms with Gasteiger partial charge in [-0.2, -0.15) is 0 Å². The second-order valence-corrected chi connectivity index (χ2v) is 7.91. The van der Waals surface area contributed by atoms with Crippen molar-refractivity contribution in [2.45, 2.75) is 26.7 Å². The Hall–Kier alpha value is -1.18. The highest BCUT2D eigenvalue weighted by molar-refractivity contribution is 7.29. The summed E-state index contributed by atoms with van der Waals surface area (Å²) in [5, 5.41) is 7.51. The molecule has 2 aromatic heterocycles. The molecular weight excluding hydrogens is 328 g/mol. The molecule has 0 aromatic carbocycles. The van der Waals surface area contributed by atoms with Crippen molar-refractivity contribution in [3.8, 4) is 0 Å². The molecule has 1 amide bonds. The zero-order valence-corrected chi connectivity index (χ0v) is 15.4. The molecule has 1 fully saturated rings. The van der Waals surface area contributed by atoms with E-state index in [0.717, 1.165) is 52.3 Å². The molecule has 0 aliphatic carbocycles. The Balaban J connectivity index is 1.63. The largest absolute Gasteiger partial charge is 0.351 e. The van der Waals surface area contributed by atoms with Crippen molar-refractivity contribution in [3.63, 3.8) is 0 Å². The summed E-state index contributed by atoms with van der Waals surface area (Å²) in [7, 11) is 0. The van der Waals surface area contributed by atoms with Crippen LogP contribution in [0, 0.1) is 5.92 Å². The van der Waals surface area contributed by atoms with Gasteiger partial charge < -0.3 is 15.5 Å². The van der Waals surface area contributed by atoms with Crippen molar-refractivity contribution >= 4 is 43.2 Å². The number of carbonyl (C=O) groups is 1. The quantitative estimate of drug-likeness (QED) is 0.839. The van der Waals surface area contributed by atoms with Crippen LogP contribution >= 0.6 is 22.7 Å². The standard InChI is InChI=1S/C16H24N4OS2/c1-3-20(4-2)16-19-15-13(23-16)8-12(22-15)14(21)18-10-11-6-5-7-17-9-11/h8,11,17H,3-7,9-10H2,1-2H3,(H,18,21). The molecule has 1 aliphatic heterocycles. The van der Waals surface area contributed by atoms with Crippen LogP contribution in [0.25, 0.3) is 9.53 Å². The SMILES string of the molecule is CCN(CC)c1nc2sc(C(=O)NCC3CCCNC3)cc2s1. The van der Waals surface area contributed by atoms with E-state index in [4.69, 9.17) is 0 Å². The first-order chi connectivity index (χ1) is 11.2. The van der Waals surface area contributed by atoms with Gasteiger partial charge in [0.1, 0.15) is 4.83 Å². The van der Waals surface area contributed by atoms with Crippen LogP contribution in [-0.4, -0.2) is 43.6 Å². The minimum atomic E-state index is 0.0372. The number of nitrogens with one attached hydrogen (secondary N) is 2. The predicted octanol–water partition coefficient (Wildman–Crippen LogP) is 2.93. The number of hydrogen-bond donors (Lipinski definition) is 2. The third-order valence-electron chi connectivity index (χ3n) is 4.29. The number of fused-ring (bicyclic) bond motifs is 1. The highest BCUT2D eigenvalue weighted by atomic mass is 32.1. The average molecular weight is 353 g/mol. The number of nitrogens with zero attached hydrogens (tertiary/aromatic N) is 2. The minimum absolute atomic E-state index is 0.0372. The fourth-order valence-corrected chi connectivity index (χ4v) is 5.14. The van der Waals surface area contributed by atoms with Crippen molar-refractivity contribution in [2.24, 2.45) is 5.92 Å². The first-order valence-electron chi connectivity index (χ1n) is 8.35. The summed E-state index contributed by atoms with van der Waals surface area (Å²) in [6.45, 7) is 9.06.